The van der Waals surface area contributed by atoms with Crippen LogP contribution in [0, 0.1) is 5.82 Å². The first-order chi connectivity index (χ1) is 20.5. The molecule has 1 heterocycles. The van der Waals surface area contributed by atoms with Crippen LogP contribution in [0.3, 0.4) is 0 Å². The van der Waals surface area contributed by atoms with Crippen molar-refractivity contribution >= 4 is 44.7 Å². The maximum Gasteiger partial charge on any atom is 0.325 e. The van der Waals surface area contributed by atoms with Gasteiger partial charge in [-0.05, 0) is 72.7 Å². The Kier molecular flexibility index (Phi) is 10.1. The summed E-state index contributed by atoms with van der Waals surface area (Å²) in [6.07, 6.45) is 1.67. The second-order valence-electron chi connectivity index (χ2n) is 10.1. The van der Waals surface area contributed by atoms with E-state index >= 15 is 0 Å². The molecule has 230 valence electrons. The Hall–Kier alpha value is -4.30. The molecule has 1 fully saturated rings. The van der Waals surface area contributed by atoms with Crippen LogP contribution < -0.4 is 15.4 Å². The Morgan fingerprint density at radius 3 is 2.47 bits per heavy atom. The molecule has 0 atom stereocenters. The minimum atomic E-state index is -3.88. The smallest absolute Gasteiger partial charge is 0.325 e. The van der Waals surface area contributed by atoms with Crippen LogP contribution in [0.4, 0.5) is 4.39 Å². The Labute approximate surface area is 247 Å². The summed E-state index contributed by atoms with van der Waals surface area (Å²) in [4.78, 5) is 46.8. The zero-order valence-corrected chi connectivity index (χ0v) is 24.2. The number of nitrogens with one attached hydrogen (secondary N) is 3. The second kappa shape index (κ2) is 13.8. The topological polar surface area (TPSA) is 181 Å². The van der Waals surface area contributed by atoms with E-state index in [9.17, 15) is 32.0 Å². The predicted molar refractivity (Wildman–Crippen MR) is 153 cm³/mol. The number of carboxylic acids is 1. The first-order valence-corrected chi connectivity index (χ1v) is 15.3. The van der Waals surface area contributed by atoms with Gasteiger partial charge in [-0.2, -0.15) is 0 Å². The zero-order chi connectivity index (χ0) is 31.1. The number of hydrogen-bond acceptors (Lipinski definition) is 8. The normalized spacial score (nSPS) is 13.1. The van der Waals surface area contributed by atoms with Crippen molar-refractivity contribution in [1.29, 1.82) is 0 Å². The van der Waals surface area contributed by atoms with Crippen molar-refractivity contribution < 1.29 is 46.2 Å². The first-order valence-electron chi connectivity index (χ1n) is 13.7. The highest BCUT2D eigenvalue weighted by molar-refractivity contribution is 7.88. The van der Waals surface area contributed by atoms with Crippen molar-refractivity contribution in [3.8, 4) is 11.3 Å². The lowest BCUT2D eigenvalue weighted by molar-refractivity contribution is -0.144. The first kappa shape index (κ1) is 31.6. The average Bonchev–Trinajstić information content (AvgIpc) is 3.74. The van der Waals surface area contributed by atoms with Crippen LogP contribution in [0.15, 0.2) is 40.8 Å². The molecule has 2 aromatic carbocycles. The van der Waals surface area contributed by atoms with E-state index in [4.69, 9.17) is 14.3 Å². The number of amides is 2. The van der Waals surface area contributed by atoms with Crippen LogP contribution in [-0.4, -0.2) is 64.0 Å². The van der Waals surface area contributed by atoms with Gasteiger partial charge in [0, 0.05) is 37.4 Å². The van der Waals surface area contributed by atoms with Gasteiger partial charge in [0.2, 0.25) is 15.9 Å². The molecule has 2 amide bonds. The number of fused-ring (bicyclic) bond motifs is 1. The molecule has 43 heavy (non-hydrogen) atoms. The van der Waals surface area contributed by atoms with E-state index in [0.717, 1.165) is 18.4 Å². The Morgan fingerprint density at radius 2 is 1.81 bits per heavy atom. The number of ether oxygens (including phenoxy) is 1. The summed E-state index contributed by atoms with van der Waals surface area (Å²) >= 11 is 0. The molecule has 1 saturated carbocycles. The molecule has 1 aliphatic carbocycles. The van der Waals surface area contributed by atoms with E-state index in [1.165, 1.54) is 31.3 Å². The standard InChI is InChI=1S/C29H32FN3O9S/c1-31-29(38)27-22-14-21(17-5-6-17)19(13-23(22)42-28(27)18-7-9-20(30)10-8-18)16-43(39,40)33-11-12-41-26(37)15-32-24(34)3-2-4-25(35)36/h7-10,13-14,17,33H,2-6,11-12,15-16H2,1H3,(H,31,38)(H,32,34)(H,35,36). The van der Waals surface area contributed by atoms with Gasteiger partial charge in [-0.3, -0.25) is 19.2 Å². The number of benzene rings is 2. The van der Waals surface area contributed by atoms with Gasteiger partial charge in [0.1, 0.15) is 30.3 Å². The fourth-order valence-corrected chi connectivity index (χ4v) is 5.74. The second-order valence-corrected chi connectivity index (χ2v) is 11.9. The predicted octanol–water partition coefficient (Wildman–Crippen LogP) is 2.81. The fraction of sp³-hybridized carbons (Fsp3) is 0.379. The summed E-state index contributed by atoms with van der Waals surface area (Å²) in [6, 6.07) is 8.92. The molecule has 0 unspecified atom stereocenters. The number of rotatable bonds is 15. The number of halogens is 1. The minimum Gasteiger partial charge on any atom is -0.481 e. The van der Waals surface area contributed by atoms with Crippen molar-refractivity contribution in [2.45, 2.75) is 43.8 Å². The number of aliphatic carboxylic acids is 1. The number of esters is 1. The summed E-state index contributed by atoms with van der Waals surface area (Å²) in [5, 5.41) is 14.0. The molecule has 0 bridgehead atoms. The van der Waals surface area contributed by atoms with Gasteiger partial charge in [-0.25, -0.2) is 17.5 Å². The molecular weight excluding hydrogens is 585 g/mol. The molecule has 0 radical (unpaired) electrons. The Bertz CT molecular complexity index is 1630. The van der Waals surface area contributed by atoms with Crippen molar-refractivity contribution in [2.24, 2.45) is 0 Å². The molecule has 0 saturated heterocycles. The van der Waals surface area contributed by atoms with Crippen LogP contribution in [0.25, 0.3) is 22.3 Å². The summed E-state index contributed by atoms with van der Waals surface area (Å²) in [6.45, 7) is -0.890. The summed E-state index contributed by atoms with van der Waals surface area (Å²) in [5.41, 5.74) is 2.38. The van der Waals surface area contributed by atoms with Gasteiger partial charge in [-0.1, -0.05) is 0 Å². The number of carbonyl (C=O) groups is 4. The zero-order valence-electron chi connectivity index (χ0n) is 23.4. The SMILES string of the molecule is CNC(=O)c1c(-c2ccc(F)cc2)oc2cc(CS(=O)(=O)NCCOC(=O)CNC(=O)CCCC(=O)O)c(C3CC3)cc12. The summed E-state index contributed by atoms with van der Waals surface area (Å²) in [7, 11) is -2.39. The lowest BCUT2D eigenvalue weighted by Gasteiger charge is -2.12. The molecule has 3 aromatic rings. The number of carbonyl (C=O) groups excluding carboxylic acids is 3. The van der Waals surface area contributed by atoms with Crippen molar-refractivity contribution in [2.75, 3.05) is 26.7 Å². The van der Waals surface area contributed by atoms with Gasteiger partial charge in [-0.15, -0.1) is 0 Å². The highest BCUT2D eigenvalue weighted by atomic mass is 32.2. The molecule has 1 aromatic heterocycles. The van der Waals surface area contributed by atoms with E-state index in [1.54, 1.807) is 12.1 Å². The fourth-order valence-electron chi connectivity index (χ4n) is 4.58. The third-order valence-corrected chi connectivity index (χ3v) is 8.12. The summed E-state index contributed by atoms with van der Waals surface area (Å²) < 4.78 is 52.8. The number of furan rings is 1. The maximum atomic E-state index is 13.5. The van der Waals surface area contributed by atoms with E-state index in [-0.39, 0.29) is 55.4 Å². The number of carboxylic acid groups (broad SMARTS) is 1. The highest BCUT2D eigenvalue weighted by Gasteiger charge is 2.31. The lowest BCUT2D eigenvalue weighted by atomic mass is 9.98. The van der Waals surface area contributed by atoms with Gasteiger partial charge in [0.15, 0.2) is 0 Å². The van der Waals surface area contributed by atoms with Gasteiger partial charge < -0.3 is 24.9 Å². The third kappa shape index (κ3) is 8.61. The van der Waals surface area contributed by atoms with Crippen molar-refractivity contribution in [3.63, 3.8) is 0 Å². The average molecular weight is 618 g/mol. The monoisotopic (exact) mass is 617 g/mol. The van der Waals surface area contributed by atoms with E-state index in [0.29, 0.717) is 22.1 Å². The van der Waals surface area contributed by atoms with Crippen LogP contribution in [0.5, 0.6) is 0 Å². The van der Waals surface area contributed by atoms with E-state index in [2.05, 4.69) is 15.4 Å². The van der Waals surface area contributed by atoms with Crippen LogP contribution in [0.1, 0.15) is 59.5 Å². The largest absolute Gasteiger partial charge is 0.481 e. The molecule has 0 spiro atoms. The minimum absolute atomic E-state index is 0.0489. The molecule has 14 heteroatoms. The number of sulfonamides is 1. The maximum absolute atomic E-state index is 13.5. The van der Waals surface area contributed by atoms with Crippen LogP contribution in [-0.2, 0) is 34.9 Å². The quantitative estimate of drug-likeness (QED) is 0.147. The molecule has 4 N–H and O–H groups in total. The van der Waals surface area contributed by atoms with Gasteiger partial charge in [0.25, 0.3) is 5.91 Å². The Morgan fingerprint density at radius 1 is 1.09 bits per heavy atom. The molecular formula is C29H32FN3O9S. The number of hydrogen-bond donors (Lipinski definition) is 4. The molecule has 4 rings (SSSR count). The Balaban J connectivity index is 1.41. The van der Waals surface area contributed by atoms with Crippen molar-refractivity contribution in [3.05, 3.63) is 58.9 Å². The molecule has 12 nitrogen and oxygen atoms in total. The highest BCUT2D eigenvalue weighted by Crippen LogP contribution is 2.45. The van der Waals surface area contributed by atoms with Crippen LogP contribution in [0.2, 0.25) is 0 Å². The van der Waals surface area contributed by atoms with Gasteiger partial charge >= 0.3 is 11.9 Å². The van der Waals surface area contributed by atoms with Gasteiger partial charge in [0.05, 0.1) is 11.3 Å². The van der Waals surface area contributed by atoms with E-state index in [1.807, 2.05) is 0 Å². The third-order valence-electron chi connectivity index (χ3n) is 6.78. The van der Waals surface area contributed by atoms with Crippen LogP contribution >= 0.6 is 0 Å². The lowest BCUT2D eigenvalue weighted by Crippen LogP contribution is -2.33. The molecule has 1 aliphatic rings. The van der Waals surface area contributed by atoms with E-state index < -0.39 is 46.1 Å². The summed E-state index contributed by atoms with van der Waals surface area (Å²) in [5.74, 6) is -3.12. The molecule has 0 aliphatic heterocycles. The van der Waals surface area contributed by atoms with Crippen molar-refractivity contribution in [1.82, 2.24) is 15.4 Å².